The first-order valence-electron chi connectivity index (χ1n) is 4.77. The Morgan fingerprint density at radius 2 is 2.14 bits per heavy atom. The molecule has 3 rings (SSSR count). The lowest BCUT2D eigenvalue weighted by atomic mass is 10.2. The van der Waals surface area contributed by atoms with Crippen LogP contribution in [0.25, 0.3) is 0 Å². The predicted molar refractivity (Wildman–Crippen MR) is 57.4 cm³/mol. The Morgan fingerprint density at radius 1 is 1.43 bits per heavy atom. The summed E-state index contributed by atoms with van der Waals surface area (Å²) < 4.78 is 6.50. The van der Waals surface area contributed by atoms with Crippen LogP contribution in [0.2, 0.25) is 0 Å². The van der Waals surface area contributed by atoms with Crippen LogP contribution in [0.3, 0.4) is 0 Å². The molecule has 2 unspecified atom stereocenters. The van der Waals surface area contributed by atoms with Gasteiger partial charge >= 0.3 is 0 Å². The van der Waals surface area contributed by atoms with Crippen LogP contribution < -0.4 is 4.90 Å². The second kappa shape index (κ2) is 3.29. The number of rotatable bonds is 1. The van der Waals surface area contributed by atoms with Crippen LogP contribution in [0.15, 0.2) is 0 Å². The second-order valence-corrected chi connectivity index (χ2v) is 5.40. The highest BCUT2D eigenvalue weighted by Gasteiger charge is 2.34. The Kier molecular flexibility index (Phi) is 2.07. The normalized spacial score (nSPS) is 31.0. The number of nitrogens with one attached hydrogen (secondary N) is 1. The summed E-state index contributed by atoms with van der Waals surface area (Å²) in [5, 5.41) is 8.02. The lowest BCUT2D eigenvalue weighted by Gasteiger charge is -2.31. The zero-order chi connectivity index (χ0) is 9.54. The van der Waals surface area contributed by atoms with Gasteiger partial charge in [-0.3, -0.25) is 5.10 Å². The van der Waals surface area contributed by atoms with Gasteiger partial charge in [-0.25, -0.2) is 0 Å². The van der Waals surface area contributed by atoms with Crippen LogP contribution in [-0.2, 0) is 4.74 Å². The Labute approximate surface area is 90.9 Å². The summed E-state index contributed by atoms with van der Waals surface area (Å²) in [7, 11) is 0. The largest absolute Gasteiger partial charge is 0.371 e. The van der Waals surface area contributed by atoms with Crippen LogP contribution in [-0.4, -0.2) is 35.5 Å². The summed E-state index contributed by atoms with van der Waals surface area (Å²) in [6.45, 7) is 1.93. The molecule has 3 heterocycles. The topological polar surface area (TPSA) is 41.2 Å². The van der Waals surface area contributed by atoms with E-state index in [1.54, 1.807) is 11.3 Å². The molecule has 2 saturated heterocycles. The van der Waals surface area contributed by atoms with Gasteiger partial charge in [-0.1, -0.05) is 11.3 Å². The average Bonchev–Trinajstić information content (AvgIpc) is 2.73. The molecule has 1 N–H and O–H groups in total. The molecule has 2 atom stereocenters. The predicted octanol–water partition coefficient (Wildman–Crippen LogP) is 1.57. The van der Waals surface area contributed by atoms with Crippen molar-refractivity contribution >= 4 is 28.7 Å². The van der Waals surface area contributed by atoms with Crippen LogP contribution in [0.1, 0.15) is 12.8 Å². The fraction of sp³-hybridized carbons (Fsp3) is 0.750. The molecule has 0 saturated carbocycles. The SMILES string of the molecule is S=c1[nH]nc(N2CC3CCC(C2)O3)s1. The molecule has 6 heteroatoms. The van der Waals surface area contributed by atoms with Gasteiger partial charge < -0.3 is 9.64 Å². The number of hydrogen-bond donors (Lipinski definition) is 1. The molecule has 2 aliphatic heterocycles. The highest BCUT2D eigenvalue weighted by Crippen LogP contribution is 2.30. The number of H-pyrrole nitrogens is 1. The van der Waals surface area contributed by atoms with Crippen LogP contribution in [0.4, 0.5) is 5.13 Å². The molecule has 0 amide bonds. The Balaban J connectivity index is 1.83. The molecule has 0 radical (unpaired) electrons. The van der Waals surface area contributed by atoms with E-state index in [1.807, 2.05) is 0 Å². The molecule has 1 aromatic rings. The van der Waals surface area contributed by atoms with Gasteiger partial charge in [-0.15, -0.1) is 5.10 Å². The maximum Gasteiger partial charge on any atom is 0.207 e. The van der Waals surface area contributed by atoms with E-state index in [4.69, 9.17) is 17.0 Å². The van der Waals surface area contributed by atoms with Crippen molar-refractivity contribution in [3.05, 3.63) is 3.95 Å². The number of anilines is 1. The molecular formula is C8H11N3OS2. The van der Waals surface area contributed by atoms with Gasteiger partial charge in [0.1, 0.15) is 0 Å². The molecular weight excluding hydrogens is 218 g/mol. The molecule has 0 aliphatic carbocycles. The van der Waals surface area contributed by atoms with Crippen LogP contribution in [0.5, 0.6) is 0 Å². The molecule has 2 fully saturated rings. The summed E-state index contributed by atoms with van der Waals surface area (Å²) in [5.41, 5.74) is 0. The fourth-order valence-corrected chi connectivity index (χ4v) is 3.02. The third kappa shape index (κ3) is 1.47. The van der Waals surface area contributed by atoms with Gasteiger partial charge in [-0.2, -0.15) is 0 Å². The quantitative estimate of drug-likeness (QED) is 0.742. The van der Waals surface area contributed by atoms with Gasteiger partial charge in [-0.05, 0) is 25.1 Å². The molecule has 0 aromatic carbocycles. The Bertz CT molecular complexity index is 376. The van der Waals surface area contributed by atoms with Gasteiger partial charge in [0, 0.05) is 13.1 Å². The minimum absolute atomic E-state index is 0.409. The molecule has 76 valence electrons. The number of fused-ring (bicyclic) bond motifs is 2. The Hall–Kier alpha value is -0.460. The highest BCUT2D eigenvalue weighted by atomic mass is 32.1. The molecule has 2 bridgehead atoms. The van der Waals surface area contributed by atoms with E-state index in [9.17, 15) is 0 Å². The summed E-state index contributed by atoms with van der Waals surface area (Å²) in [6.07, 6.45) is 3.20. The third-order valence-electron chi connectivity index (χ3n) is 2.74. The molecule has 2 aliphatic rings. The first-order chi connectivity index (χ1) is 6.81. The number of morpholine rings is 1. The minimum Gasteiger partial charge on any atom is -0.371 e. The van der Waals surface area contributed by atoms with Crippen molar-refractivity contribution in [1.82, 2.24) is 10.2 Å². The second-order valence-electron chi connectivity index (χ2n) is 3.76. The van der Waals surface area contributed by atoms with Crippen molar-refractivity contribution in [1.29, 1.82) is 0 Å². The number of ether oxygens (including phenoxy) is 1. The molecule has 1 aromatic heterocycles. The third-order valence-corrected chi connectivity index (χ3v) is 3.89. The fourth-order valence-electron chi connectivity index (χ4n) is 2.13. The monoisotopic (exact) mass is 229 g/mol. The first-order valence-corrected chi connectivity index (χ1v) is 5.99. The van der Waals surface area contributed by atoms with E-state index in [0.717, 1.165) is 22.2 Å². The van der Waals surface area contributed by atoms with Crippen molar-refractivity contribution in [3.8, 4) is 0 Å². The summed E-state index contributed by atoms with van der Waals surface area (Å²) in [4.78, 5) is 2.28. The van der Waals surface area contributed by atoms with Gasteiger partial charge in [0.05, 0.1) is 12.2 Å². The minimum atomic E-state index is 0.409. The lowest BCUT2D eigenvalue weighted by molar-refractivity contribution is 0.0304. The van der Waals surface area contributed by atoms with Crippen LogP contribution in [0, 0.1) is 3.95 Å². The average molecular weight is 229 g/mol. The highest BCUT2D eigenvalue weighted by molar-refractivity contribution is 7.73. The zero-order valence-corrected chi connectivity index (χ0v) is 9.24. The standard InChI is InChI=1S/C8H11N3OS2/c13-8-10-9-7(14-8)11-3-5-1-2-6(4-11)12-5/h5-6H,1-4H2,(H,10,13). The number of aromatic nitrogens is 2. The van der Waals surface area contributed by atoms with Crippen molar-refractivity contribution in [2.24, 2.45) is 0 Å². The first kappa shape index (κ1) is 8.82. The maximum atomic E-state index is 5.75. The van der Waals surface area contributed by atoms with E-state index in [-0.39, 0.29) is 0 Å². The summed E-state index contributed by atoms with van der Waals surface area (Å²) in [5.74, 6) is 0. The van der Waals surface area contributed by atoms with Crippen molar-refractivity contribution in [2.45, 2.75) is 25.0 Å². The Morgan fingerprint density at radius 3 is 2.71 bits per heavy atom. The van der Waals surface area contributed by atoms with E-state index < -0.39 is 0 Å². The zero-order valence-electron chi connectivity index (χ0n) is 7.60. The van der Waals surface area contributed by atoms with Crippen molar-refractivity contribution in [3.63, 3.8) is 0 Å². The van der Waals surface area contributed by atoms with E-state index in [2.05, 4.69) is 15.1 Å². The lowest BCUT2D eigenvalue weighted by Crippen LogP contribution is -2.42. The summed E-state index contributed by atoms with van der Waals surface area (Å²) >= 11 is 6.56. The van der Waals surface area contributed by atoms with E-state index in [0.29, 0.717) is 12.2 Å². The van der Waals surface area contributed by atoms with E-state index in [1.165, 1.54) is 12.8 Å². The van der Waals surface area contributed by atoms with Gasteiger partial charge in [0.15, 0.2) is 3.95 Å². The van der Waals surface area contributed by atoms with Crippen molar-refractivity contribution < 1.29 is 4.74 Å². The number of aromatic amines is 1. The summed E-state index contributed by atoms with van der Waals surface area (Å²) in [6, 6.07) is 0. The van der Waals surface area contributed by atoms with E-state index >= 15 is 0 Å². The molecule has 0 spiro atoms. The number of nitrogens with zero attached hydrogens (tertiary/aromatic N) is 2. The number of hydrogen-bond acceptors (Lipinski definition) is 5. The van der Waals surface area contributed by atoms with Gasteiger partial charge in [0.2, 0.25) is 5.13 Å². The van der Waals surface area contributed by atoms with Crippen molar-refractivity contribution in [2.75, 3.05) is 18.0 Å². The van der Waals surface area contributed by atoms with Gasteiger partial charge in [0.25, 0.3) is 0 Å². The maximum absolute atomic E-state index is 5.75. The smallest absolute Gasteiger partial charge is 0.207 e. The van der Waals surface area contributed by atoms with Crippen LogP contribution >= 0.6 is 23.6 Å². The molecule has 4 nitrogen and oxygen atoms in total. The molecule has 14 heavy (non-hydrogen) atoms.